The normalized spacial score (nSPS) is 13.6. The molecule has 0 aliphatic rings. The van der Waals surface area contributed by atoms with Gasteiger partial charge in [-0.05, 0) is 52.5 Å². The molecule has 8 aromatic carbocycles. The minimum Gasteiger partial charge on any atom is -0.308 e. The molecule has 0 aliphatic heterocycles. The molecule has 11 rings (SSSR count). The Labute approximate surface area is 338 Å². The molecular weight excluding hydrogens is 701 g/mol. The second kappa shape index (κ2) is 13.3. The molecule has 0 saturated heterocycles. The first-order chi connectivity index (χ1) is 31.1. The topological polar surface area (TPSA) is 43.6 Å². The zero-order valence-electron chi connectivity index (χ0n) is 37.6. The number of hydrogen-bond donors (Lipinski definition) is 0. The Hall–Kier alpha value is -7.21. The van der Waals surface area contributed by atoms with Crippen LogP contribution in [-0.2, 0) is 0 Å². The summed E-state index contributed by atoms with van der Waals surface area (Å²) in [6.07, 6.45) is 0. The molecule has 3 heterocycles. The van der Waals surface area contributed by atoms with Crippen molar-refractivity contribution in [2.75, 3.05) is 0 Å². The molecule has 3 aromatic heterocycles. The number of benzene rings is 8. The van der Waals surface area contributed by atoms with Gasteiger partial charge in [0.25, 0.3) is 0 Å². The molecule has 0 spiro atoms. The van der Waals surface area contributed by atoms with E-state index >= 15 is 0 Å². The van der Waals surface area contributed by atoms with Crippen molar-refractivity contribution in [1.29, 1.82) is 0 Å². The van der Waals surface area contributed by atoms with Gasteiger partial charge < -0.3 is 4.57 Å². The first-order valence-corrected chi connectivity index (χ1v) is 18.9. The lowest BCUT2D eigenvalue weighted by molar-refractivity contribution is 1.06. The van der Waals surface area contributed by atoms with Crippen LogP contribution >= 0.6 is 11.3 Å². The maximum Gasteiger partial charge on any atom is 0.166 e. The fourth-order valence-corrected chi connectivity index (χ4v) is 8.78. The van der Waals surface area contributed by atoms with Gasteiger partial charge in [-0.15, -0.1) is 11.3 Å². The summed E-state index contributed by atoms with van der Waals surface area (Å²) in [5, 5.41) is 2.15. The average molecular weight is 741 g/mol. The maximum atomic E-state index is 9.36. The highest BCUT2D eigenvalue weighted by atomic mass is 32.1. The summed E-state index contributed by atoms with van der Waals surface area (Å²) in [6, 6.07) is 44.1. The van der Waals surface area contributed by atoms with Crippen molar-refractivity contribution in [3.8, 4) is 62.1 Å². The second-order valence-electron chi connectivity index (χ2n) is 13.4. The molecule has 0 N–H and O–H groups in total. The van der Waals surface area contributed by atoms with Gasteiger partial charge in [-0.3, -0.25) is 0 Å². The predicted octanol–water partition coefficient (Wildman–Crippen LogP) is 13.7. The van der Waals surface area contributed by atoms with Crippen molar-refractivity contribution in [3.63, 3.8) is 0 Å². The summed E-state index contributed by atoms with van der Waals surface area (Å²) in [5.41, 5.74) is 6.17. The lowest BCUT2D eigenvalue weighted by Gasteiger charge is -2.16. The van der Waals surface area contributed by atoms with E-state index in [0.717, 1.165) is 53.6 Å². The Balaban J connectivity index is 1.26. The van der Waals surface area contributed by atoms with E-state index in [1.165, 1.54) is 0 Å². The molecule has 0 aliphatic carbocycles. The van der Waals surface area contributed by atoms with Crippen LogP contribution in [0, 0.1) is 0 Å². The summed E-state index contributed by atoms with van der Waals surface area (Å²) in [4.78, 5) is 15.0. The van der Waals surface area contributed by atoms with Crippen LogP contribution in [0.4, 0.5) is 0 Å². The standard InChI is InChI=1S/C51H32N4S/c1-4-15-33(16-5-1)36-27-29-41-42-24-14-23-38(48(42)56-47(41)32-36)37-28-30-43(46(31-37)55-44-25-12-10-21-39(44)40-22-11-13-26-45(40)55)51-53-49(34-17-6-2-7-18-34)52-50(54-51)35-19-8-3-9-20-35/h1-32H/i10D,11D,12D,13D,21D,22D,25D,26D. The summed E-state index contributed by atoms with van der Waals surface area (Å²) >= 11 is 1.68. The molecule has 0 amide bonds. The number of fused-ring (bicyclic) bond motifs is 6. The lowest BCUT2D eigenvalue weighted by atomic mass is 9.99. The monoisotopic (exact) mass is 740 g/mol. The van der Waals surface area contributed by atoms with Crippen LogP contribution in [0.2, 0.25) is 0 Å². The predicted molar refractivity (Wildman–Crippen MR) is 234 cm³/mol. The van der Waals surface area contributed by atoms with Gasteiger partial charge in [0.2, 0.25) is 0 Å². The van der Waals surface area contributed by atoms with E-state index in [9.17, 15) is 2.74 Å². The van der Waals surface area contributed by atoms with E-state index in [0.29, 0.717) is 22.9 Å². The Kier molecular flexibility index (Phi) is 5.92. The number of nitrogens with zero attached hydrogens (tertiary/aromatic N) is 4. The zero-order valence-corrected chi connectivity index (χ0v) is 30.4. The van der Waals surface area contributed by atoms with Crippen LogP contribution in [0.25, 0.3) is 104 Å². The maximum absolute atomic E-state index is 9.36. The highest BCUT2D eigenvalue weighted by Gasteiger charge is 2.21. The van der Waals surface area contributed by atoms with E-state index in [2.05, 4.69) is 36.4 Å². The van der Waals surface area contributed by atoms with E-state index in [4.69, 9.17) is 23.2 Å². The van der Waals surface area contributed by atoms with Gasteiger partial charge in [0.1, 0.15) is 0 Å². The van der Waals surface area contributed by atoms with Crippen LogP contribution in [-0.4, -0.2) is 19.5 Å². The fourth-order valence-electron chi connectivity index (χ4n) is 7.50. The zero-order chi connectivity index (χ0) is 44.0. The van der Waals surface area contributed by atoms with Gasteiger partial charge in [-0.1, -0.05) is 164 Å². The lowest BCUT2D eigenvalue weighted by Crippen LogP contribution is -2.04. The summed E-state index contributed by atoms with van der Waals surface area (Å²) in [5.74, 6) is 1.05. The summed E-state index contributed by atoms with van der Waals surface area (Å²) < 4.78 is 75.7. The van der Waals surface area contributed by atoms with Gasteiger partial charge in [0.05, 0.1) is 27.7 Å². The van der Waals surface area contributed by atoms with E-state index in [1.807, 2.05) is 109 Å². The first kappa shape index (κ1) is 25.0. The molecular formula is C51H32N4S. The molecule has 0 radical (unpaired) electrons. The molecule has 5 heteroatoms. The van der Waals surface area contributed by atoms with Crippen molar-refractivity contribution < 1.29 is 11.0 Å². The Morgan fingerprint density at radius 1 is 0.411 bits per heavy atom. The third-order valence-electron chi connectivity index (χ3n) is 10.1. The largest absolute Gasteiger partial charge is 0.308 e. The summed E-state index contributed by atoms with van der Waals surface area (Å²) in [7, 11) is 0. The SMILES string of the molecule is [2H]c1c([2H])c([2H])c2c(c1[2H])c1c([2H])c([2H])c([2H])c([2H])c1n2-c1cc(-c2cccc3c2sc2cc(-c4ccccc4)ccc23)ccc1-c1nc(-c2ccccc2)nc(-c2ccccc2)n1. The number of hydrogen-bond acceptors (Lipinski definition) is 4. The number of thiophene rings is 1. The molecule has 0 fully saturated rings. The van der Waals surface area contributed by atoms with Crippen LogP contribution in [0.5, 0.6) is 0 Å². The smallest absolute Gasteiger partial charge is 0.166 e. The van der Waals surface area contributed by atoms with E-state index in [1.54, 1.807) is 15.9 Å². The van der Waals surface area contributed by atoms with Crippen molar-refractivity contribution in [1.82, 2.24) is 19.5 Å². The van der Waals surface area contributed by atoms with Crippen LogP contribution in [0.3, 0.4) is 0 Å². The van der Waals surface area contributed by atoms with Gasteiger partial charge in [-0.2, -0.15) is 0 Å². The van der Waals surface area contributed by atoms with Crippen molar-refractivity contribution in [2.24, 2.45) is 0 Å². The molecule has 56 heavy (non-hydrogen) atoms. The fraction of sp³-hybridized carbons (Fsp3) is 0. The van der Waals surface area contributed by atoms with Gasteiger partial charge in [0.15, 0.2) is 17.5 Å². The highest BCUT2D eigenvalue weighted by Crippen LogP contribution is 2.44. The van der Waals surface area contributed by atoms with Crippen LogP contribution in [0.15, 0.2) is 194 Å². The van der Waals surface area contributed by atoms with Crippen molar-refractivity contribution in [3.05, 3.63) is 194 Å². The number of aromatic nitrogens is 4. The average Bonchev–Trinajstić information content (AvgIpc) is 3.91. The van der Waals surface area contributed by atoms with E-state index < -0.39 is 48.3 Å². The summed E-state index contributed by atoms with van der Waals surface area (Å²) in [6.45, 7) is 0. The van der Waals surface area contributed by atoms with Gasteiger partial charge in [-0.25, -0.2) is 15.0 Å². The van der Waals surface area contributed by atoms with Gasteiger partial charge in [0, 0.05) is 47.6 Å². The molecule has 4 nitrogen and oxygen atoms in total. The van der Waals surface area contributed by atoms with E-state index in [-0.39, 0.29) is 27.6 Å². The molecule has 0 atom stereocenters. The van der Waals surface area contributed by atoms with Crippen molar-refractivity contribution in [2.45, 2.75) is 0 Å². The Morgan fingerprint density at radius 2 is 0.982 bits per heavy atom. The highest BCUT2D eigenvalue weighted by molar-refractivity contribution is 7.26. The third-order valence-corrected chi connectivity index (χ3v) is 11.3. The second-order valence-corrected chi connectivity index (χ2v) is 14.5. The Bertz CT molecular complexity index is 3570. The van der Waals surface area contributed by atoms with Crippen LogP contribution in [0.1, 0.15) is 11.0 Å². The minimum absolute atomic E-state index is 0.000494. The van der Waals surface area contributed by atoms with Crippen LogP contribution < -0.4 is 0 Å². The number of rotatable bonds is 6. The number of para-hydroxylation sites is 2. The van der Waals surface area contributed by atoms with Crippen molar-refractivity contribution >= 4 is 53.3 Å². The first-order valence-electron chi connectivity index (χ1n) is 22.1. The third kappa shape index (κ3) is 5.40. The molecule has 11 aromatic rings. The Morgan fingerprint density at radius 3 is 1.62 bits per heavy atom. The minimum atomic E-state index is -0.512. The molecule has 0 bridgehead atoms. The van der Waals surface area contributed by atoms with Gasteiger partial charge >= 0.3 is 0 Å². The molecule has 262 valence electrons. The quantitative estimate of drug-likeness (QED) is 0.170. The molecule has 0 unspecified atom stereocenters. The molecule has 0 saturated carbocycles.